The molecule has 0 bridgehead atoms. The average Bonchev–Trinajstić information content (AvgIpc) is 2.71. The lowest BCUT2D eigenvalue weighted by atomic mass is 10.2. The van der Waals surface area contributed by atoms with Crippen LogP contribution >= 0.6 is 34.2 Å². The van der Waals surface area contributed by atoms with E-state index in [1.807, 2.05) is 19.1 Å². The molecular formula is C22H20ClIN2O3S. The van der Waals surface area contributed by atoms with Crippen molar-refractivity contribution in [3.05, 3.63) is 86.4 Å². The van der Waals surface area contributed by atoms with E-state index < -0.39 is 15.9 Å². The maximum atomic E-state index is 13.4. The Kier molecular flexibility index (Phi) is 7.05. The molecule has 8 heteroatoms. The standard InChI is InChI=1S/C22H20ClIN2O3S/c1-15-8-9-17(23)13-21(15)26(30(28,29)19-6-4-3-5-7-19)14-22(27)25-20-11-10-18(24)12-16(20)2/h3-13H,14H2,1-2H3,(H,25,27). The van der Waals surface area contributed by atoms with Crippen molar-refractivity contribution in [1.82, 2.24) is 0 Å². The SMILES string of the molecule is Cc1cc(I)ccc1NC(=O)CN(c1cc(Cl)ccc1C)S(=O)(=O)c1ccccc1. The fraction of sp³-hybridized carbons (Fsp3) is 0.136. The van der Waals surface area contributed by atoms with Gasteiger partial charge in [-0.3, -0.25) is 9.10 Å². The van der Waals surface area contributed by atoms with E-state index in [1.165, 1.54) is 12.1 Å². The van der Waals surface area contributed by atoms with Crippen LogP contribution in [0, 0.1) is 17.4 Å². The van der Waals surface area contributed by atoms with Gasteiger partial charge in [-0.15, -0.1) is 0 Å². The van der Waals surface area contributed by atoms with Crippen molar-refractivity contribution >= 4 is 61.5 Å². The normalized spacial score (nSPS) is 11.2. The van der Waals surface area contributed by atoms with Crippen molar-refractivity contribution in [2.45, 2.75) is 18.7 Å². The van der Waals surface area contributed by atoms with E-state index in [0.717, 1.165) is 13.4 Å². The largest absolute Gasteiger partial charge is 0.324 e. The van der Waals surface area contributed by atoms with Gasteiger partial charge in [0.1, 0.15) is 6.54 Å². The Morgan fingerprint density at radius 2 is 1.70 bits per heavy atom. The molecule has 0 heterocycles. The molecule has 0 unspecified atom stereocenters. The van der Waals surface area contributed by atoms with Gasteiger partial charge in [-0.05, 0) is 90.0 Å². The van der Waals surface area contributed by atoms with Crippen LogP contribution in [0.2, 0.25) is 5.02 Å². The summed E-state index contributed by atoms with van der Waals surface area (Å²) in [6, 6.07) is 18.6. The van der Waals surface area contributed by atoms with Crippen molar-refractivity contribution in [3.63, 3.8) is 0 Å². The predicted molar refractivity (Wildman–Crippen MR) is 130 cm³/mol. The molecule has 0 aliphatic carbocycles. The highest BCUT2D eigenvalue weighted by molar-refractivity contribution is 14.1. The quantitative estimate of drug-likeness (QED) is 0.415. The van der Waals surface area contributed by atoms with Crippen LogP contribution in [0.3, 0.4) is 0 Å². The Morgan fingerprint density at radius 3 is 2.37 bits per heavy atom. The van der Waals surface area contributed by atoms with Crippen LogP contribution in [0.15, 0.2) is 71.6 Å². The lowest BCUT2D eigenvalue weighted by molar-refractivity contribution is -0.114. The number of sulfonamides is 1. The zero-order valence-electron chi connectivity index (χ0n) is 16.4. The number of benzene rings is 3. The molecule has 1 N–H and O–H groups in total. The molecule has 0 atom stereocenters. The smallest absolute Gasteiger partial charge is 0.264 e. The van der Waals surface area contributed by atoms with Gasteiger partial charge in [-0.1, -0.05) is 35.9 Å². The third-order valence-electron chi connectivity index (χ3n) is 4.52. The number of nitrogens with zero attached hydrogens (tertiary/aromatic N) is 1. The van der Waals surface area contributed by atoms with Gasteiger partial charge in [0.2, 0.25) is 5.91 Å². The Bertz CT molecular complexity index is 1180. The second-order valence-electron chi connectivity index (χ2n) is 6.76. The number of nitrogens with one attached hydrogen (secondary N) is 1. The molecule has 0 fully saturated rings. The molecule has 3 aromatic rings. The van der Waals surface area contributed by atoms with E-state index >= 15 is 0 Å². The molecule has 0 aromatic heterocycles. The molecule has 0 aliphatic heterocycles. The highest BCUT2D eigenvalue weighted by atomic mass is 127. The van der Waals surface area contributed by atoms with Gasteiger partial charge in [0.25, 0.3) is 10.0 Å². The van der Waals surface area contributed by atoms with Crippen LogP contribution in [0.25, 0.3) is 0 Å². The van der Waals surface area contributed by atoms with E-state index in [-0.39, 0.29) is 11.4 Å². The zero-order valence-corrected chi connectivity index (χ0v) is 20.1. The van der Waals surface area contributed by atoms with Crippen molar-refractivity contribution in [3.8, 4) is 0 Å². The number of rotatable bonds is 6. The number of carbonyl (C=O) groups is 1. The summed E-state index contributed by atoms with van der Waals surface area (Å²) in [4.78, 5) is 13.0. The highest BCUT2D eigenvalue weighted by Gasteiger charge is 2.28. The Balaban J connectivity index is 1.99. The monoisotopic (exact) mass is 554 g/mol. The first-order chi connectivity index (χ1) is 14.2. The minimum absolute atomic E-state index is 0.0996. The summed E-state index contributed by atoms with van der Waals surface area (Å²) >= 11 is 8.33. The van der Waals surface area contributed by atoms with E-state index in [2.05, 4.69) is 27.9 Å². The summed E-state index contributed by atoms with van der Waals surface area (Å²) in [7, 11) is -3.98. The van der Waals surface area contributed by atoms with Gasteiger partial charge in [0.15, 0.2) is 0 Å². The minimum atomic E-state index is -3.98. The van der Waals surface area contributed by atoms with Crippen molar-refractivity contribution in [2.24, 2.45) is 0 Å². The third kappa shape index (κ3) is 5.14. The van der Waals surface area contributed by atoms with Crippen molar-refractivity contribution in [1.29, 1.82) is 0 Å². The summed E-state index contributed by atoms with van der Waals surface area (Å²) in [6.07, 6.45) is 0. The predicted octanol–water partition coefficient (Wildman–Crippen LogP) is 5.40. The second kappa shape index (κ2) is 9.36. The number of anilines is 2. The molecule has 0 saturated heterocycles. The molecular weight excluding hydrogens is 535 g/mol. The summed E-state index contributed by atoms with van der Waals surface area (Å²) in [5, 5.41) is 3.20. The van der Waals surface area contributed by atoms with E-state index in [4.69, 9.17) is 11.6 Å². The number of hydrogen-bond donors (Lipinski definition) is 1. The Morgan fingerprint density at radius 1 is 1.00 bits per heavy atom. The Labute approximate surface area is 195 Å². The highest BCUT2D eigenvalue weighted by Crippen LogP contribution is 2.29. The number of hydrogen-bond acceptors (Lipinski definition) is 3. The van der Waals surface area contributed by atoms with E-state index in [0.29, 0.717) is 22.0 Å². The molecule has 1 amide bonds. The fourth-order valence-electron chi connectivity index (χ4n) is 2.96. The van der Waals surface area contributed by atoms with Crippen LogP contribution in [0.4, 0.5) is 11.4 Å². The maximum absolute atomic E-state index is 13.4. The summed E-state index contributed by atoms with van der Waals surface area (Å²) in [5.74, 6) is -0.446. The summed E-state index contributed by atoms with van der Waals surface area (Å²) in [5.41, 5.74) is 2.59. The number of carbonyl (C=O) groups excluding carboxylic acids is 1. The van der Waals surface area contributed by atoms with Crippen LogP contribution in [0.5, 0.6) is 0 Å². The molecule has 3 aromatic carbocycles. The lowest BCUT2D eigenvalue weighted by Crippen LogP contribution is -2.38. The number of halogens is 2. The molecule has 30 heavy (non-hydrogen) atoms. The van der Waals surface area contributed by atoms with Gasteiger partial charge in [-0.25, -0.2) is 8.42 Å². The molecule has 0 spiro atoms. The lowest BCUT2D eigenvalue weighted by Gasteiger charge is -2.26. The second-order valence-corrected chi connectivity index (χ2v) is 10.3. The molecule has 0 aliphatic rings. The van der Waals surface area contributed by atoms with Gasteiger partial charge in [0, 0.05) is 14.3 Å². The molecule has 5 nitrogen and oxygen atoms in total. The molecule has 0 radical (unpaired) electrons. The number of amides is 1. The summed E-state index contributed by atoms with van der Waals surface area (Å²) < 4.78 is 28.9. The fourth-order valence-corrected chi connectivity index (χ4v) is 5.27. The average molecular weight is 555 g/mol. The minimum Gasteiger partial charge on any atom is -0.324 e. The van der Waals surface area contributed by atoms with Crippen LogP contribution in [0.1, 0.15) is 11.1 Å². The number of aryl methyl sites for hydroxylation is 2. The van der Waals surface area contributed by atoms with E-state index in [9.17, 15) is 13.2 Å². The molecule has 3 rings (SSSR count). The topological polar surface area (TPSA) is 66.5 Å². The maximum Gasteiger partial charge on any atom is 0.264 e. The van der Waals surface area contributed by atoms with Crippen molar-refractivity contribution in [2.75, 3.05) is 16.2 Å². The van der Waals surface area contributed by atoms with Gasteiger partial charge >= 0.3 is 0 Å². The zero-order chi connectivity index (χ0) is 21.9. The third-order valence-corrected chi connectivity index (χ3v) is 7.20. The first-order valence-electron chi connectivity index (χ1n) is 9.08. The van der Waals surface area contributed by atoms with Gasteiger partial charge in [-0.2, -0.15) is 0 Å². The van der Waals surface area contributed by atoms with Gasteiger partial charge < -0.3 is 5.32 Å². The first kappa shape index (κ1) is 22.6. The van der Waals surface area contributed by atoms with Crippen LogP contribution in [-0.4, -0.2) is 20.9 Å². The van der Waals surface area contributed by atoms with E-state index in [1.54, 1.807) is 49.4 Å². The first-order valence-corrected chi connectivity index (χ1v) is 12.0. The summed E-state index contributed by atoms with van der Waals surface area (Å²) in [6.45, 7) is 3.28. The van der Waals surface area contributed by atoms with Crippen LogP contribution < -0.4 is 9.62 Å². The Hall–Kier alpha value is -2.10. The van der Waals surface area contributed by atoms with Crippen molar-refractivity contribution < 1.29 is 13.2 Å². The molecule has 156 valence electrons. The van der Waals surface area contributed by atoms with Crippen LogP contribution in [-0.2, 0) is 14.8 Å². The van der Waals surface area contributed by atoms with Gasteiger partial charge in [0.05, 0.1) is 10.6 Å². The molecule has 0 saturated carbocycles.